The zero-order valence-corrected chi connectivity index (χ0v) is 10.6. The summed E-state index contributed by atoms with van der Waals surface area (Å²) in [5.74, 6) is 0.409. The van der Waals surface area contributed by atoms with E-state index in [2.05, 4.69) is 4.98 Å². The van der Waals surface area contributed by atoms with E-state index < -0.39 is 0 Å². The Hall–Kier alpha value is -0.280. The van der Waals surface area contributed by atoms with Crippen LogP contribution in [0.15, 0.2) is 24.4 Å². The largest absolute Gasteiger partial charge is 0.248 e. The maximum absolute atomic E-state index is 6.08. The van der Waals surface area contributed by atoms with Crippen LogP contribution >= 0.6 is 46.1 Å². The molecule has 0 spiro atoms. The molecule has 0 saturated heterocycles. The van der Waals surface area contributed by atoms with Gasteiger partial charge in [0.05, 0.1) is 20.8 Å². The van der Waals surface area contributed by atoms with Gasteiger partial charge in [0.1, 0.15) is 5.01 Å². The number of benzene rings is 1. The van der Waals surface area contributed by atoms with E-state index in [4.69, 9.17) is 34.8 Å². The van der Waals surface area contributed by atoms with E-state index in [1.165, 1.54) is 11.3 Å². The summed E-state index contributed by atoms with van der Waals surface area (Å²) in [5, 5.41) is 2.13. The van der Waals surface area contributed by atoms with Crippen LogP contribution in [0, 0.1) is 0 Å². The fourth-order valence-electron chi connectivity index (χ4n) is 1.22. The molecular formula is C10H6Cl3NS. The molecule has 2 aromatic rings. The summed E-state index contributed by atoms with van der Waals surface area (Å²) in [6.45, 7) is 0. The van der Waals surface area contributed by atoms with Gasteiger partial charge in [-0.25, -0.2) is 4.98 Å². The standard InChI is InChI=1S/C10H6Cl3NS/c11-4-9-14-5-8(15-9)10-6(12)2-1-3-7(10)13/h1-3,5H,4H2. The number of hydrogen-bond donors (Lipinski definition) is 0. The molecule has 0 bridgehead atoms. The molecule has 1 heterocycles. The number of alkyl halides is 1. The molecule has 15 heavy (non-hydrogen) atoms. The molecule has 0 aliphatic heterocycles. The number of halogens is 3. The number of nitrogens with zero attached hydrogens (tertiary/aromatic N) is 1. The monoisotopic (exact) mass is 277 g/mol. The lowest BCUT2D eigenvalue weighted by Gasteiger charge is -2.02. The SMILES string of the molecule is ClCc1ncc(-c2c(Cl)cccc2Cl)s1. The fourth-order valence-corrected chi connectivity index (χ4v) is 3.01. The molecule has 1 nitrogen and oxygen atoms in total. The van der Waals surface area contributed by atoms with E-state index in [1.807, 2.05) is 18.2 Å². The molecule has 0 radical (unpaired) electrons. The molecule has 0 atom stereocenters. The van der Waals surface area contributed by atoms with Gasteiger partial charge in [0, 0.05) is 11.8 Å². The zero-order chi connectivity index (χ0) is 10.8. The zero-order valence-electron chi connectivity index (χ0n) is 7.51. The van der Waals surface area contributed by atoms with Crippen LogP contribution in [0.2, 0.25) is 10.0 Å². The van der Waals surface area contributed by atoms with Gasteiger partial charge >= 0.3 is 0 Å². The highest BCUT2D eigenvalue weighted by Crippen LogP contribution is 2.37. The summed E-state index contributed by atoms with van der Waals surface area (Å²) >= 11 is 19.3. The first-order valence-electron chi connectivity index (χ1n) is 4.17. The number of rotatable bonds is 2. The maximum Gasteiger partial charge on any atom is 0.108 e. The molecule has 1 aromatic carbocycles. The predicted molar refractivity (Wildman–Crippen MR) is 67.1 cm³/mol. The van der Waals surface area contributed by atoms with Crippen LogP contribution in [0.3, 0.4) is 0 Å². The molecule has 1 aromatic heterocycles. The lowest BCUT2D eigenvalue weighted by atomic mass is 10.2. The van der Waals surface area contributed by atoms with Crippen molar-refractivity contribution in [1.29, 1.82) is 0 Å². The Bertz CT molecular complexity index is 461. The van der Waals surface area contributed by atoms with Crippen molar-refractivity contribution in [1.82, 2.24) is 4.98 Å². The Labute approximate surface area is 107 Å². The second-order valence-electron chi connectivity index (χ2n) is 2.85. The quantitative estimate of drug-likeness (QED) is 0.715. The number of hydrogen-bond acceptors (Lipinski definition) is 2. The van der Waals surface area contributed by atoms with Gasteiger partial charge in [-0.3, -0.25) is 0 Å². The molecule has 0 aliphatic carbocycles. The minimum absolute atomic E-state index is 0.409. The highest BCUT2D eigenvalue weighted by molar-refractivity contribution is 7.15. The average Bonchev–Trinajstić information content (AvgIpc) is 2.66. The van der Waals surface area contributed by atoms with Crippen molar-refractivity contribution in [2.75, 3.05) is 0 Å². The smallest absolute Gasteiger partial charge is 0.108 e. The maximum atomic E-state index is 6.08. The second-order valence-corrected chi connectivity index (χ2v) is 5.05. The second kappa shape index (κ2) is 4.71. The average molecular weight is 279 g/mol. The Morgan fingerprint density at radius 1 is 1.20 bits per heavy atom. The van der Waals surface area contributed by atoms with Crippen LogP contribution in [0.1, 0.15) is 5.01 Å². The third-order valence-corrected chi connectivity index (χ3v) is 3.93. The first-order valence-corrected chi connectivity index (χ1v) is 6.28. The molecular weight excluding hydrogens is 273 g/mol. The van der Waals surface area contributed by atoms with E-state index in [0.29, 0.717) is 15.9 Å². The molecule has 0 N–H and O–H groups in total. The van der Waals surface area contributed by atoms with E-state index in [1.54, 1.807) is 6.20 Å². The van der Waals surface area contributed by atoms with Crippen LogP contribution in [0.5, 0.6) is 0 Å². The van der Waals surface area contributed by atoms with Gasteiger partial charge in [-0.2, -0.15) is 0 Å². The summed E-state index contributed by atoms with van der Waals surface area (Å²) in [5.41, 5.74) is 0.828. The summed E-state index contributed by atoms with van der Waals surface area (Å²) in [6.07, 6.45) is 1.75. The van der Waals surface area contributed by atoms with Crippen LogP contribution in [-0.2, 0) is 5.88 Å². The van der Waals surface area contributed by atoms with Gasteiger partial charge in [-0.15, -0.1) is 22.9 Å². The minimum atomic E-state index is 0.409. The summed E-state index contributed by atoms with van der Waals surface area (Å²) in [7, 11) is 0. The van der Waals surface area contributed by atoms with Crippen molar-refractivity contribution in [3.05, 3.63) is 39.4 Å². The van der Waals surface area contributed by atoms with Gasteiger partial charge in [-0.05, 0) is 12.1 Å². The van der Waals surface area contributed by atoms with Crippen molar-refractivity contribution < 1.29 is 0 Å². The summed E-state index contributed by atoms with van der Waals surface area (Å²) < 4.78 is 0. The Kier molecular flexibility index (Phi) is 3.52. The first kappa shape index (κ1) is 11.2. The van der Waals surface area contributed by atoms with Crippen LogP contribution in [0.25, 0.3) is 10.4 Å². The van der Waals surface area contributed by atoms with E-state index in [-0.39, 0.29) is 0 Å². The Balaban J connectivity index is 2.53. The van der Waals surface area contributed by atoms with Gasteiger partial charge < -0.3 is 0 Å². The van der Waals surface area contributed by atoms with Crippen LogP contribution < -0.4 is 0 Å². The van der Waals surface area contributed by atoms with Gasteiger partial charge in [0.25, 0.3) is 0 Å². The third kappa shape index (κ3) is 2.28. The third-order valence-electron chi connectivity index (χ3n) is 1.88. The summed E-state index contributed by atoms with van der Waals surface area (Å²) in [6, 6.07) is 5.43. The van der Waals surface area contributed by atoms with Crippen LogP contribution in [0.4, 0.5) is 0 Å². The molecule has 0 amide bonds. The van der Waals surface area contributed by atoms with E-state index in [9.17, 15) is 0 Å². The van der Waals surface area contributed by atoms with Crippen molar-refractivity contribution in [2.45, 2.75) is 5.88 Å². The Morgan fingerprint density at radius 3 is 2.40 bits per heavy atom. The number of thiazole rings is 1. The van der Waals surface area contributed by atoms with Gasteiger partial charge in [0.2, 0.25) is 0 Å². The lowest BCUT2D eigenvalue weighted by Crippen LogP contribution is -1.76. The minimum Gasteiger partial charge on any atom is -0.248 e. The first-order chi connectivity index (χ1) is 7.22. The highest BCUT2D eigenvalue weighted by Gasteiger charge is 2.11. The fraction of sp³-hybridized carbons (Fsp3) is 0.100. The molecule has 0 aliphatic rings. The topological polar surface area (TPSA) is 12.9 Å². The summed E-state index contributed by atoms with van der Waals surface area (Å²) in [4.78, 5) is 5.11. The Morgan fingerprint density at radius 2 is 1.87 bits per heavy atom. The molecule has 0 fully saturated rings. The van der Waals surface area contributed by atoms with Crippen LogP contribution in [-0.4, -0.2) is 4.98 Å². The lowest BCUT2D eigenvalue weighted by molar-refractivity contribution is 1.26. The van der Waals surface area contributed by atoms with Crippen molar-refractivity contribution in [3.63, 3.8) is 0 Å². The molecule has 0 unspecified atom stereocenters. The molecule has 2 rings (SSSR count). The van der Waals surface area contributed by atoms with E-state index >= 15 is 0 Å². The van der Waals surface area contributed by atoms with Gasteiger partial charge in [-0.1, -0.05) is 29.3 Å². The van der Waals surface area contributed by atoms with E-state index in [0.717, 1.165) is 15.4 Å². The predicted octanol–water partition coefficient (Wildman–Crippen LogP) is 4.86. The van der Waals surface area contributed by atoms with Crippen molar-refractivity contribution in [2.24, 2.45) is 0 Å². The highest BCUT2D eigenvalue weighted by atomic mass is 35.5. The van der Waals surface area contributed by atoms with Gasteiger partial charge in [0.15, 0.2) is 0 Å². The number of aromatic nitrogens is 1. The molecule has 0 saturated carbocycles. The molecule has 78 valence electrons. The molecule has 5 heteroatoms. The van der Waals surface area contributed by atoms with Crippen molar-refractivity contribution >= 4 is 46.1 Å². The normalized spacial score (nSPS) is 10.6. The van der Waals surface area contributed by atoms with Crippen molar-refractivity contribution in [3.8, 4) is 10.4 Å².